The van der Waals surface area contributed by atoms with E-state index < -0.39 is 5.97 Å². The first-order chi connectivity index (χ1) is 8.04. The van der Waals surface area contributed by atoms with Gasteiger partial charge in [0.2, 0.25) is 0 Å². The highest BCUT2D eigenvalue weighted by atomic mass is 16.5. The van der Waals surface area contributed by atoms with Crippen molar-refractivity contribution in [2.45, 2.75) is 20.3 Å². The lowest BCUT2D eigenvalue weighted by molar-refractivity contribution is -0.132. The van der Waals surface area contributed by atoms with Gasteiger partial charge in [-0.1, -0.05) is 13.0 Å². The van der Waals surface area contributed by atoms with Gasteiger partial charge in [0, 0.05) is 5.57 Å². The average molecular weight is 236 g/mol. The molecule has 17 heavy (non-hydrogen) atoms. The molecule has 0 saturated carbocycles. The minimum Gasteiger partial charge on any atom is -0.504 e. The van der Waals surface area contributed by atoms with Gasteiger partial charge in [-0.3, -0.25) is 0 Å². The number of aliphatic carboxylic acids is 1. The Morgan fingerprint density at radius 2 is 2.18 bits per heavy atom. The van der Waals surface area contributed by atoms with Gasteiger partial charge in [-0.2, -0.15) is 0 Å². The second-order valence-corrected chi connectivity index (χ2v) is 3.71. The second-order valence-electron chi connectivity index (χ2n) is 3.71. The lowest BCUT2D eigenvalue weighted by Gasteiger charge is -2.07. The molecule has 0 aliphatic carbocycles. The standard InChI is InChI=1S/C13H16O4/c1-3-6-17-12-8-10(4-5-11(12)14)7-9(2)13(15)16/h4-5,7-8,14H,3,6H2,1-2H3,(H,15,16)/b9-7+. The number of carboxylic acid groups (broad SMARTS) is 1. The SMILES string of the molecule is CCCOc1cc(/C=C(\C)C(=O)O)ccc1O. The van der Waals surface area contributed by atoms with Crippen LogP contribution >= 0.6 is 0 Å². The number of carboxylic acids is 1. The molecule has 0 unspecified atom stereocenters. The number of hydrogen-bond donors (Lipinski definition) is 2. The van der Waals surface area contributed by atoms with Crippen molar-refractivity contribution < 1.29 is 19.7 Å². The molecular formula is C13H16O4. The summed E-state index contributed by atoms with van der Waals surface area (Å²) in [6, 6.07) is 4.75. The third-order valence-corrected chi connectivity index (χ3v) is 2.17. The summed E-state index contributed by atoms with van der Waals surface area (Å²) in [5.74, 6) is -0.531. The molecule has 4 heteroatoms. The van der Waals surface area contributed by atoms with Crippen LogP contribution in [0.25, 0.3) is 6.08 Å². The number of carbonyl (C=O) groups is 1. The van der Waals surface area contributed by atoms with Crippen molar-refractivity contribution >= 4 is 12.0 Å². The van der Waals surface area contributed by atoms with Gasteiger partial charge in [-0.25, -0.2) is 4.79 Å². The molecule has 92 valence electrons. The van der Waals surface area contributed by atoms with Crippen LogP contribution in [0.15, 0.2) is 23.8 Å². The van der Waals surface area contributed by atoms with E-state index in [9.17, 15) is 9.90 Å². The van der Waals surface area contributed by atoms with Crippen LogP contribution in [0.2, 0.25) is 0 Å². The monoisotopic (exact) mass is 236 g/mol. The van der Waals surface area contributed by atoms with Gasteiger partial charge >= 0.3 is 5.97 Å². The zero-order valence-electron chi connectivity index (χ0n) is 9.93. The Bertz CT molecular complexity index is 435. The largest absolute Gasteiger partial charge is 0.504 e. The number of ether oxygens (including phenoxy) is 1. The Hall–Kier alpha value is -1.97. The maximum absolute atomic E-state index is 10.7. The van der Waals surface area contributed by atoms with Crippen molar-refractivity contribution in [3.8, 4) is 11.5 Å². The number of aromatic hydroxyl groups is 1. The van der Waals surface area contributed by atoms with Crippen molar-refractivity contribution in [1.82, 2.24) is 0 Å². The molecule has 1 aromatic rings. The van der Waals surface area contributed by atoms with E-state index in [1.54, 1.807) is 12.1 Å². The summed E-state index contributed by atoms with van der Waals surface area (Å²) in [7, 11) is 0. The molecule has 0 saturated heterocycles. The molecule has 4 nitrogen and oxygen atoms in total. The van der Waals surface area contributed by atoms with E-state index in [2.05, 4.69) is 0 Å². The molecule has 0 fully saturated rings. The summed E-state index contributed by atoms with van der Waals surface area (Å²) in [6.45, 7) is 4.00. The summed E-state index contributed by atoms with van der Waals surface area (Å²) in [6.07, 6.45) is 2.37. The number of benzene rings is 1. The van der Waals surface area contributed by atoms with E-state index in [0.717, 1.165) is 6.42 Å². The fourth-order valence-corrected chi connectivity index (χ4v) is 1.26. The molecule has 0 aliphatic rings. The van der Waals surface area contributed by atoms with Crippen molar-refractivity contribution in [3.05, 3.63) is 29.3 Å². The number of rotatable bonds is 5. The molecule has 1 aromatic carbocycles. The van der Waals surface area contributed by atoms with Gasteiger partial charge in [0.25, 0.3) is 0 Å². The number of phenols is 1. The van der Waals surface area contributed by atoms with Crippen LogP contribution in [0.5, 0.6) is 11.5 Å². The van der Waals surface area contributed by atoms with E-state index >= 15 is 0 Å². The Morgan fingerprint density at radius 1 is 1.47 bits per heavy atom. The Kier molecular flexibility index (Phi) is 4.57. The molecule has 2 N–H and O–H groups in total. The first-order valence-corrected chi connectivity index (χ1v) is 5.42. The van der Waals surface area contributed by atoms with Gasteiger partial charge in [-0.15, -0.1) is 0 Å². The summed E-state index contributed by atoms with van der Waals surface area (Å²) in [5, 5.41) is 18.3. The number of phenolic OH excluding ortho intramolecular Hbond substituents is 1. The molecular weight excluding hydrogens is 220 g/mol. The molecule has 0 bridgehead atoms. The lowest BCUT2D eigenvalue weighted by atomic mass is 10.1. The van der Waals surface area contributed by atoms with Gasteiger partial charge in [0.05, 0.1) is 6.61 Å². The fraction of sp³-hybridized carbons (Fsp3) is 0.308. The van der Waals surface area contributed by atoms with Crippen LogP contribution in [0.3, 0.4) is 0 Å². The van der Waals surface area contributed by atoms with E-state index in [0.29, 0.717) is 17.9 Å². The predicted octanol–water partition coefficient (Wildman–Crippen LogP) is 2.67. The quantitative estimate of drug-likeness (QED) is 0.771. The summed E-state index contributed by atoms with van der Waals surface area (Å²) in [5.41, 5.74) is 0.922. The topological polar surface area (TPSA) is 66.8 Å². The Morgan fingerprint density at radius 3 is 2.76 bits per heavy atom. The molecule has 0 heterocycles. The van der Waals surface area contributed by atoms with Crippen molar-refractivity contribution in [3.63, 3.8) is 0 Å². The van der Waals surface area contributed by atoms with Gasteiger partial charge < -0.3 is 14.9 Å². The van der Waals surface area contributed by atoms with Gasteiger partial charge in [-0.05, 0) is 37.1 Å². The minimum atomic E-state index is -0.964. The highest BCUT2D eigenvalue weighted by Crippen LogP contribution is 2.27. The van der Waals surface area contributed by atoms with Crippen LogP contribution in [-0.2, 0) is 4.79 Å². The van der Waals surface area contributed by atoms with E-state index in [-0.39, 0.29) is 11.3 Å². The van der Waals surface area contributed by atoms with E-state index in [4.69, 9.17) is 9.84 Å². The summed E-state index contributed by atoms with van der Waals surface area (Å²) in [4.78, 5) is 10.7. The molecule has 1 rings (SSSR count). The third-order valence-electron chi connectivity index (χ3n) is 2.17. The summed E-state index contributed by atoms with van der Waals surface area (Å²) < 4.78 is 5.34. The highest BCUT2D eigenvalue weighted by molar-refractivity contribution is 5.91. The predicted molar refractivity (Wildman–Crippen MR) is 65.2 cm³/mol. The maximum Gasteiger partial charge on any atom is 0.331 e. The molecule has 0 spiro atoms. The van der Waals surface area contributed by atoms with E-state index in [1.165, 1.54) is 19.1 Å². The lowest BCUT2D eigenvalue weighted by Crippen LogP contribution is -1.97. The molecule has 0 amide bonds. The average Bonchev–Trinajstić information content (AvgIpc) is 2.29. The van der Waals surface area contributed by atoms with Crippen LogP contribution in [0.4, 0.5) is 0 Å². The van der Waals surface area contributed by atoms with Crippen LogP contribution in [0.1, 0.15) is 25.8 Å². The fourth-order valence-electron chi connectivity index (χ4n) is 1.26. The number of hydrogen-bond acceptors (Lipinski definition) is 3. The molecule has 0 aliphatic heterocycles. The molecule has 0 radical (unpaired) electrons. The molecule has 0 atom stereocenters. The Labute approximate surface area is 100 Å². The highest BCUT2D eigenvalue weighted by Gasteiger charge is 2.04. The van der Waals surface area contributed by atoms with Gasteiger partial charge in [0.1, 0.15) is 0 Å². The van der Waals surface area contributed by atoms with Crippen molar-refractivity contribution in [2.75, 3.05) is 6.61 Å². The summed E-state index contributed by atoms with van der Waals surface area (Å²) >= 11 is 0. The normalized spacial score (nSPS) is 11.3. The van der Waals surface area contributed by atoms with Crippen molar-refractivity contribution in [1.29, 1.82) is 0 Å². The Balaban J connectivity index is 2.96. The van der Waals surface area contributed by atoms with Crippen molar-refractivity contribution in [2.24, 2.45) is 0 Å². The van der Waals surface area contributed by atoms with Crippen LogP contribution in [-0.4, -0.2) is 22.8 Å². The minimum absolute atomic E-state index is 0.0589. The van der Waals surface area contributed by atoms with E-state index in [1.807, 2.05) is 6.92 Å². The van der Waals surface area contributed by atoms with Crippen LogP contribution in [0, 0.1) is 0 Å². The molecule has 0 aromatic heterocycles. The van der Waals surface area contributed by atoms with Gasteiger partial charge in [0.15, 0.2) is 11.5 Å². The zero-order chi connectivity index (χ0) is 12.8. The second kappa shape index (κ2) is 5.94. The first-order valence-electron chi connectivity index (χ1n) is 5.42. The maximum atomic E-state index is 10.7. The van der Waals surface area contributed by atoms with Crippen LogP contribution < -0.4 is 4.74 Å². The zero-order valence-corrected chi connectivity index (χ0v) is 9.93. The third kappa shape index (κ3) is 3.83. The smallest absolute Gasteiger partial charge is 0.331 e. The first kappa shape index (κ1) is 13.1.